The number of nitrogens with one attached hydrogen (secondary N) is 1. The molecule has 2 aliphatic rings. The van der Waals surface area contributed by atoms with E-state index in [0.29, 0.717) is 24.4 Å². The number of alkyl carbamates (subject to hydrolysis) is 1. The van der Waals surface area contributed by atoms with Crippen LogP contribution in [0.2, 0.25) is 0 Å². The van der Waals surface area contributed by atoms with Crippen molar-refractivity contribution in [1.82, 2.24) is 15.2 Å². The third-order valence-electron chi connectivity index (χ3n) is 6.68. The first kappa shape index (κ1) is 24.9. The Bertz CT molecular complexity index is 1290. The Morgan fingerprint density at radius 3 is 2.51 bits per heavy atom. The second-order valence-corrected chi connectivity index (χ2v) is 10.3. The highest BCUT2D eigenvalue weighted by atomic mass is 32.1. The molecule has 1 aliphatic carbocycles. The standard InChI is InChI=1S/C29H29N3O4S/c33-26(27-30-22-14-7-8-16-25(22)37-27)24-15-9-17-32(24)28(34)23(18-20-10-3-1-4-11-20)31-29(35)36-19-21-12-5-2-6-13-21/h1-6,8,10-13,16,23-24H,7,9,14-15,17-19H2,(H,31,35)/t23-,24+/m0/s1. The zero-order valence-corrected chi connectivity index (χ0v) is 21.3. The number of aryl methyl sites for hydroxylation is 1. The molecule has 37 heavy (non-hydrogen) atoms. The number of allylic oxidation sites excluding steroid dienone is 1. The number of hydrogen-bond acceptors (Lipinski definition) is 6. The van der Waals surface area contributed by atoms with Crippen LogP contribution < -0.4 is 5.32 Å². The lowest BCUT2D eigenvalue weighted by molar-refractivity contribution is -0.133. The number of fused-ring (bicyclic) bond motifs is 1. The number of ether oxygens (including phenoxy) is 1. The van der Waals surface area contributed by atoms with Crippen LogP contribution >= 0.6 is 11.3 Å². The number of rotatable bonds is 8. The third-order valence-corrected chi connectivity index (χ3v) is 7.76. The molecule has 1 fully saturated rings. The van der Waals surface area contributed by atoms with E-state index in [1.54, 1.807) is 4.90 Å². The van der Waals surface area contributed by atoms with E-state index in [1.807, 2.05) is 66.7 Å². The number of hydrogen-bond donors (Lipinski definition) is 1. The van der Waals surface area contributed by atoms with Gasteiger partial charge in [-0.1, -0.05) is 66.7 Å². The zero-order valence-electron chi connectivity index (χ0n) is 20.5. The molecule has 0 bridgehead atoms. The normalized spacial score (nSPS) is 17.2. The Labute approximate surface area is 220 Å². The molecule has 2 atom stereocenters. The number of likely N-dealkylation sites (tertiary alicyclic amines) is 1. The summed E-state index contributed by atoms with van der Waals surface area (Å²) < 4.78 is 5.40. The van der Waals surface area contributed by atoms with Gasteiger partial charge in [0.1, 0.15) is 12.6 Å². The predicted octanol–water partition coefficient (Wildman–Crippen LogP) is 4.81. The molecule has 2 aromatic carbocycles. The van der Waals surface area contributed by atoms with Crippen molar-refractivity contribution in [2.75, 3.05) is 6.54 Å². The third kappa shape index (κ3) is 5.97. The van der Waals surface area contributed by atoms with Crippen molar-refractivity contribution in [3.8, 4) is 0 Å². The summed E-state index contributed by atoms with van der Waals surface area (Å²) in [4.78, 5) is 47.2. The van der Waals surface area contributed by atoms with E-state index in [-0.39, 0.29) is 18.3 Å². The molecule has 8 heteroatoms. The maximum Gasteiger partial charge on any atom is 0.408 e. The van der Waals surface area contributed by atoms with Crippen molar-refractivity contribution >= 4 is 35.2 Å². The van der Waals surface area contributed by atoms with Crippen LogP contribution in [-0.4, -0.2) is 46.3 Å². The van der Waals surface area contributed by atoms with E-state index in [4.69, 9.17) is 4.74 Å². The fourth-order valence-corrected chi connectivity index (χ4v) is 5.82. The van der Waals surface area contributed by atoms with Crippen molar-refractivity contribution < 1.29 is 19.1 Å². The molecule has 7 nitrogen and oxygen atoms in total. The molecular weight excluding hydrogens is 486 g/mol. The summed E-state index contributed by atoms with van der Waals surface area (Å²) >= 11 is 1.40. The summed E-state index contributed by atoms with van der Waals surface area (Å²) in [5, 5.41) is 3.22. The fourth-order valence-electron chi connectivity index (χ4n) is 4.79. The SMILES string of the molecule is O=C(N[C@@H](Cc1ccccc1)C(=O)N1CCC[C@@H]1C(=O)c1nc2c(s1)C=CCC2)OCc1ccccc1. The number of carbonyl (C=O) groups excluding carboxylic acids is 3. The van der Waals surface area contributed by atoms with Gasteiger partial charge in [-0.15, -0.1) is 11.3 Å². The van der Waals surface area contributed by atoms with Crippen molar-refractivity contribution in [2.24, 2.45) is 0 Å². The van der Waals surface area contributed by atoms with E-state index in [0.717, 1.165) is 41.0 Å². The number of amides is 2. The molecule has 0 spiro atoms. The van der Waals surface area contributed by atoms with Gasteiger partial charge in [0, 0.05) is 13.0 Å². The zero-order chi connectivity index (χ0) is 25.6. The molecule has 190 valence electrons. The molecule has 1 aliphatic heterocycles. The summed E-state index contributed by atoms with van der Waals surface area (Å²) in [5.74, 6) is -0.402. The van der Waals surface area contributed by atoms with Gasteiger partial charge < -0.3 is 15.0 Å². The van der Waals surface area contributed by atoms with E-state index < -0.39 is 18.2 Å². The average Bonchev–Trinajstić information content (AvgIpc) is 3.60. The number of Topliss-reactive ketones (excluding diaryl/α,β-unsaturated/α-hetero) is 1. The lowest BCUT2D eigenvalue weighted by atomic mass is 10.0. The highest BCUT2D eigenvalue weighted by molar-refractivity contribution is 7.14. The Hall–Kier alpha value is -3.78. The summed E-state index contributed by atoms with van der Waals surface area (Å²) in [5.41, 5.74) is 2.72. The minimum atomic E-state index is -0.855. The quantitative estimate of drug-likeness (QED) is 0.435. The molecule has 1 saturated heterocycles. The fraction of sp³-hybridized carbons (Fsp3) is 0.310. The van der Waals surface area contributed by atoms with Crippen LogP contribution in [0.25, 0.3) is 6.08 Å². The van der Waals surface area contributed by atoms with Gasteiger partial charge in [0.2, 0.25) is 11.7 Å². The number of thiazole rings is 1. The molecule has 0 radical (unpaired) electrons. The summed E-state index contributed by atoms with van der Waals surface area (Å²) in [7, 11) is 0. The van der Waals surface area contributed by atoms with Crippen molar-refractivity contribution in [3.05, 3.63) is 93.4 Å². The molecule has 1 N–H and O–H groups in total. The molecule has 2 heterocycles. The monoisotopic (exact) mass is 515 g/mol. The number of benzene rings is 2. The smallest absolute Gasteiger partial charge is 0.408 e. The molecule has 5 rings (SSSR count). The van der Waals surface area contributed by atoms with Gasteiger partial charge in [-0.05, 0) is 42.9 Å². The highest BCUT2D eigenvalue weighted by Gasteiger charge is 2.39. The molecule has 0 unspecified atom stereocenters. The first-order chi connectivity index (χ1) is 18.1. The largest absolute Gasteiger partial charge is 0.445 e. The van der Waals surface area contributed by atoms with E-state index in [1.165, 1.54) is 11.3 Å². The first-order valence-electron chi connectivity index (χ1n) is 12.6. The van der Waals surface area contributed by atoms with E-state index in [9.17, 15) is 14.4 Å². The summed E-state index contributed by atoms with van der Waals surface area (Å²) in [6.45, 7) is 0.569. The Morgan fingerprint density at radius 1 is 1.05 bits per heavy atom. The van der Waals surface area contributed by atoms with Gasteiger partial charge in [0.15, 0.2) is 5.01 Å². The highest BCUT2D eigenvalue weighted by Crippen LogP contribution is 2.29. The van der Waals surface area contributed by atoms with Gasteiger partial charge in [-0.2, -0.15) is 0 Å². The van der Waals surface area contributed by atoms with Crippen LogP contribution in [0.3, 0.4) is 0 Å². The second-order valence-electron chi connectivity index (χ2n) is 9.27. The van der Waals surface area contributed by atoms with Crippen molar-refractivity contribution in [2.45, 2.75) is 50.8 Å². The van der Waals surface area contributed by atoms with Crippen molar-refractivity contribution in [3.63, 3.8) is 0 Å². The minimum absolute atomic E-state index is 0.104. The lowest BCUT2D eigenvalue weighted by Crippen LogP contribution is -2.52. The van der Waals surface area contributed by atoms with Crippen LogP contribution in [0.15, 0.2) is 66.7 Å². The Kier molecular flexibility index (Phi) is 7.75. The van der Waals surface area contributed by atoms with Crippen molar-refractivity contribution in [1.29, 1.82) is 0 Å². The Balaban J connectivity index is 1.31. The predicted molar refractivity (Wildman–Crippen MR) is 142 cm³/mol. The minimum Gasteiger partial charge on any atom is -0.445 e. The van der Waals surface area contributed by atoms with Crippen LogP contribution in [0, 0.1) is 0 Å². The number of aromatic nitrogens is 1. The van der Waals surface area contributed by atoms with Crippen LogP contribution in [0.4, 0.5) is 4.79 Å². The van der Waals surface area contributed by atoms with E-state index >= 15 is 0 Å². The molecule has 1 aromatic heterocycles. The molecule has 3 aromatic rings. The molecule has 2 amide bonds. The van der Waals surface area contributed by atoms with Gasteiger partial charge in [-0.25, -0.2) is 9.78 Å². The second kappa shape index (κ2) is 11.5. The van der Waals surface area contributed by atoms with E-state index in [2.05, 4.69) is 16.4 Å². The number of carbonyl (C=O) groups is 3. The molecule has 0 saturated carbocycles. The number of ketones is 1. The van der Waals surface area contributed by atoms with Crippen LogP contribution in [0.5, 0.6) is 0 Å². The topological polar surface area (TPSA) is 88.6 Å². The number of nitrogens with zero attached hydrogens (tertiary/aromatic N) is 2. The van der Waals surface area contributed by atoms with Gasteiger partial charge in [0.05, 0.1) is 16.6 Å². The average molecular weight is 516 g/mol. The van der Waals surface area contributed by atoms with Crippen LogP contribution in [-0.2, 0) is 29.0 Å². The maximum atomic E-state index is 13.8. The summed E-state index contributed by atoms with van der Waals surface area (Å²) in [6.07, 6.45) is 6.81. The first-order valence-corrected chi connectivity index (χ1v) is 13.4. The molecular formula is C29H29N3O4S. The van der Waals surface area contributed by atoms with Crippen LogP contribution in [0.1, 0.15) is 50.8 Å². The maximum absolute atomic E-state index is 13.8. The van der Waals surface area contributed by atoms with Gasteiger partial charge >= 0.3 is 6.09 Å². The Morgan fingerprint density at radius 2 is 1.78 bits per heavy atom. The summed E-state index contributed by atoms with van der Waals surface area (Å²) in [6, 6.07) is 17.5. The van der Waals surface area contributed by atoms with Gasteiger partial charge in [-0.3, -0.25) is 9.59 Å². The van der Waals surface area contributed by atoms with Gasteiger partial charge in [0.25, 0.3) is 0 Å². The lowest BCUT2D eigenvalue weighted by Gasteiger charge is -2.28.